The van der Waals surface area contributed by atoms with Crippen molar-refractivity contribution in [2.45, 2.75) is 116 Å². The molecule has 2 N–H and O–H groups in total. The van der Waals surface area contributed by atoms with E-state index >= 15 is 0 Å². The van der Waals surface area contributed by atoms with E-state index in [9.17, 15) is 15.0 Å². The van der Waals surface area contributed by atoms with Gasteiger partial charge in [-0.25, -0.2) is 0 Å². The summed E-state index contributed by atoms with van der Waals surface area (Å²) in [5, 5.41) is 21.1. The van der Waals surface area contributed by atoms with Crippen molar-refractivity contribution in [3.05, 3.63) is 23.8 Å². The molecule has 0 aliphatic heterocycles. The fourth-order valence-corrected chi connectivity index (χ4v) is 5.62. The molecule has 0 aromatic rings. The maximum atomic E-state index is 12.4. The third-order valence-corrected chi connectivity index (χ3v) is 7.41. The summed E-state index contributed by atoms with van der Waals surface area (Å²) in [6, 6.07) is 0. The van der Waals surface area contributed by atoms with Crippen molar-refractivity contribution in [2.24, 2.45) is 17.8 Å². The molecule has 0 aromatic heterocycles. The van der Waals surface area contributed by atoms with Crippen LogP contribution in [-0.4, -0.2) is 45.8 Å². The third kappa shape index (κ3) is 8.33. The van der Waals surface area contributed by atoms with Crippen LogP contribution < -0.4 is 0 Å². The molecule has 0 unspecified atom stereocenters. The van der Waals surface area contributed by atoms with E-state index in [1.54, 1.807) is 0 Å². The monoisotopic (exact) mass is 447 g/mol. The summed E-state index contributed by atoms with van der Waals surface area (Å²) in [4.78, 5) is 14.5. The Bertz CT molecular complexity index is 618. The maximum absolute atomic E-state index is 12.4. The lowest BCUT2D eigenvalue weighted by Crippen LogP contribution is -2.32. The van der Waals surface area contributed by atoms with Gasteiger partial charge in [-0.15, -0.1) is 0 Å². The molecule has 1 saturated carbocycles. The number of rotatable bonds is 15. The van der Waals surface area contributed by atoms with Gasteiger partial charge in [-0.05, 0) is 76.5 Å². The van der Waals surface area contributed by atoms with E-state index in [-0.39, 0.29) is 12.0 Å². The van der Waals surface area contributed by atoms with Gasteiger partial charge in [-0.1, -0.05) is 57.4 Å². The summed E-state index contributed by atoms with van der Waals surface area (Å²) >= 11 is 0. The van der Waals surface area contributed by atoms with Gasteiger partial charge in [0.15, 0.2) is 0 Å². The maximum Gasteiger partial charge on any atom is 0.222 e. The molecule has 0 spiro atoms. The zero-order valence-corrected chi connectivity index (χ0v) is 21.2. The van der Waals surface area contributed by atoms with Crippen molar-refractivity contribution in [2.75, 3.05) is 13.1 Å². The second-order valence-corrected chi connectivity index (χ2v) is 10.6. The van der Waals surface area contributed by atoms with Crippen LogP contribution in [0.4, 0.5) is 0 Å². The predicted octanol–water partition coefficient (Wildman–Crippen LogP) is 6.03. The van der Waals surface area contributed by atoms with Crippen molar-refractivity contribution in [3.8, 4) is 0 Å². The van der Waals surface area contributed by atoms with E-state index in [1.165, 1.54) is 5.57 Å². The van der Waals surface area contributed by atoms with Crippen molar-refractivity contribution >= 4 is 5.91 Å². The van der Waals surface area contributed by atoms with Gasteiger partial charge in [0.2, 0.25) is 5.91 Å². The van der Waals surface area contributed by atoms with Gasteiger partial charge in [-0.3, -0.25) is 4.79 Å². The Balaban J connectivity index is 1.75. The predicted molar refractivity (Wildman–Crippen MR) is 133 cm³/mol. The first-order chi connectivity index (χ1) is 15.3. The molecule has 2 aliphatic rings. The number of nitrogens with zero attached hydrogens (tertiary/aromatic N) is 1. The second-order valence-electron chi connectivity index (χ2n) is 10.6. The molecule has 1 amide bonds. The molecule has 1 fully saturated rings. The minimum absolute atomic E-state index is 0.203. The fourth-order valence-electron chi connectivity index (χ4n) is 5.62. The zero-order valence-electron chi connectivity index (χ0n) is 21.2. The number of aliphatic hydroxyl groups excluding tert-OH is 1. The minimum Gasteiger partial charge on any atom is -0.392 e. The molecular formula is C28H49NO3. The highest BCUT2D eigenvalue weighted by Gasteiger charge is 2.43. The summed E-state index contributed by atoms with van der Waals surface area (Å²) in [6.45, 7) is 10.1. The summed E-state index contributed by atoms with van der Waals surface area (Å²) < 4.78 is 0. The first kappa shape index (κ1) is 27.1. The standard InChI is InChI=1S/C28H49NO3/c1-5-8-15-28(4,32)16-11-13-24-25-20-22(19-23(25)21-26(24)30)12-9-10-14-27(31)29(17-6-2)18-7-3/h11,13,19,23-26,30,32H,5-10,12,14-18,20-21H2,1-4H3/b13-11+/t23-,24+,25-,26+,28-/m0/s1. The van der Waals surface area contributed by atoms with Crippen LogP contribution in [0.5, 0.6) is 0 Å². The van der Waals surface area contributed by atoms with Crippen LogP contribution in [0.25, 0.3) is 0 Å². The second kappa shape index (κ2) is 13.5. The lowest BCUT2D eigenvalue weighted by atomic mass is 9.87. The van der Waals surface area contributed by atoms with Gasteiger partial charge >= 0.3 is 0 Å². The lowest BCUT2D eigenvalue weighted by Gasteiger charge is -2.22. The summed E-state index contributed by atoms with van der Waals surface area (Å²) in [7, 11) is 0. The topological polar surface area (TPSA) is 60.8 Å². The first-order valence-electron chi connectivity index (χ1n) is 13.4. The quantitative estimate of drug-likeness (QED) is 0.238. The van der Waals surface area contributed by atoms with Gasteiger partial charge in [0.05, 0.1) is 11.7 Å². The minimum atomic E-state index is -0.643. The highest BCUT2D eigenvalue weighted by molar-refractivity contribution is 5.76. The molecule has 5 atom stereocenters. The van der Waals surface area contributed by atoms with Crippen molar-refractivity contribution in [1.29, 1.82) is 0 Å². The molecule has 0 saturated heterocycles. The SMILES string of the molecule is CCCC[C@](C)(O)C/C=C/[C@@H]1[C@H]2CC(CCCCC(=O)N(CCC)CCC)=C[C@H]2C[C@H]1O. The molecule has 184 valence electrons. The van der Waals surface area contributed by atoms with E-state index in [1.807, 2.05) is 11.8 Å². The van der Waals surface area contributed by atoms with Crippen LogP contribution in [-0.2, 0) is 4.79 Å². The van der Waals surface area contributed by atoms with Gasteiger partial charge in [0, 0.05) is 25.4 Å². The van der Waals surface area contributed by atoms with Gasteiger partial charge < -0.3 is 15.1 Å². The van der Waals surface area contributed by atoms with E-state index in [0.29, 0.717) is 30.6 Å². The van der Waals surface area contributed by atoms with Gasteiger partial charge in [-0.2, -0.15) is 0 Å². The number of hydrogen-bond acceptors (Lipinski definition) is 3. The smallest absolute Gasteiger partial charge is 0.222 e. The molecule has 0 aromatic carbocycles. The number of unbranched alkanes of at least 4 members (excludes halogenated alkanes) is 2. The number of amides is 1. The number of aliphatic hydroxyl groups is 2. The van der Waals surface area contributed by atoms with E-state index in [4.69, 9.17) is 0 Å². The number of fused-ring (bicyclic) bond motifs is 1. The number of carbonyl (C=O) groups is 1. The first-order valence-corrected chi connectivity index (χ1v) is 13.4. The van der Waals surface area contributed by atoms with Crippen molar-refractivity contribution in [3.63, 3.8) is 0 Å². The highest BCUT2D eigenvalue weighted by atomic mass is 16.3. The van der Waals surface area contributed by atoms with Gasteiger partial charge in [0.1, 0.15) is 0 Å². The van der Waals surface area contributed by atoms with Crippen molar-refractivity contribution in [1.82, 2.24) is 4.90 Å². The Hall–Kier alpha value is -1.13. The molecule has 0 bridgehead atoms. The molecule has 4 heteroatoms. The Morgan fingerprint density at radius 1 is 1.16 bits per heavy atom. The molecular weight excluding hydrogens is 398 g/mol. The average molecular weight is 448 g/mol. The molecule has 2 rings (SSSR count). The zero-order chi connectivity index (χ0) is 23.6. The van der Waals surface area contributed by atoms with E-state index < -0.39 is 5.60 Å². The molecule has 0 heterocycles. The largest absolute Gasteiger partial charge is 0.392 e. The molecule has 0 radical (unpaired) electrons. The fraction of sp³-hybridized carbons (Fsp3) is 0.821. The van der Waals surface area contributed by atoms with Crippen LogP contribution in [0, 0.1) is 17.8 Å². The van der Waals surface area contributed by atoms with Crippen LogP contribution in [0.3, 0.4) is 0 Å². The van der Waals surface area contributed by atoms with Crippen LogP contribution in [0.2, 0.25) is 0 Å². The third-order valence-electron chi connectivity index (χ3n) is 7.41. The summed E-state index contributed by atoms with van der Waals surface area (Å²) in [6.07, 6.45) is 17.9. The molecule has 2 aliphatic carbocycles. The van der Waals surface area contributed by atoms with Crippen LogP contribution in [0.15, 0.2) is 23.8 Å². The van der Waals surface area contributed by atoms with Crippen LogP contribution >= 0.6 is 0 Å². The van der Waals surface area contributed by atoms with Crippen molar-refractivity contribution < 1.29 is 15.0 Å². The average Bonchev–Trinajstić information content (AvgIpc) is 3.26. The number of carbonyl (C=O) groups excluding carboxylic acids is 1. The summed E-state index contributed by atoms with van der Waals surface area (Å²) in [5.41, 5.74) is 0.877. The number of hydrogen-bond donors (Lipinski definition) is 2. The van der Waals surface area contributed by atoms with E-state index in [0.717, 1.165) is 77.3 Å². The molecule has 4 nitrogen and oxygen atoms in total. The Morgan fingerprint density at radius 3 is 2.53 bits per heavy atom. The summed E-state index contributed by atoms with van der Waals surface area (Å²) in [5.74, 6) is 1.51. The Labute approximate surface area is 197 Å². The van der Waals surface area contributed by atoms with E-state index in [2.05, 4.69) is 39.0 Å². The Morgan fingerprint density at radius 2 is 1.88 bits per heavy atom. The Kier molecular flexibility index (Phi) is 11.5. The lowest BCUT2D eigenvalue weighted by molar-refractivity contribution is -0.131. The number of allylic oxidation sites excluding steroid dienone is 2. The molecule has 32 heavy (non-hydrogen) atoms. The highest BCUT2D eigenvalue weighted by Crippen LogP contribution is 2.48. The normalized spacial score (nSPS) is 26.9. The van der Waals surface area contributed by atoms with Crippen LogP contribution in [0.1, 0.15) is 105 Å². The van der Waals surface area contributed by atoms with Gasteiger partial charge in [0.25, 0.3) is 0 Å².